The van der Waals surface area contributed by atoms with E-state index in [1.54, 1.807) is 11.3 Å². The van der Waals surface area contributed by atoms with E-state index >= 15 is 0 Å². The van der Waals surface area contributed by atoms with Crippen molar-refractivity contribution >= 4 is 38.6 Å². The molecule has 2 nitrogen and oxygen atoms in total. The van der Waals surface area contributed by atoms with Crippen LogP contribution >= 0.6 is 27.3 Å². The molecule has 0 atom stereocenters. The summed E-state index contributed by atoms with van der Waals surface area (Å²) in [6, 6.07) is 8.19. The molecule has 2 aromatic rings. The predicted octanol–water partition coefficient (Wildman–Crippen LogP) is 4.01. The first-order valence-electron chi connectivity index (χ1n) is 4.98. The lowest BCUT2D eigenvalue weighted by Crippen LogP contribution is -2.00. The fourth-order valence-electron chi connectivity index (χ4n) is 1.44. The summed E-state index contributed by atoms with van der Waals surface area (Å²) in [4.78, 5) is 1.17. The molecule has 1 aromatic carbocycles. The third kappa shape index (κ3) is 2.57. The van der Waals surface area contributed by atoms with Gasteiger partial charge in [-0.1, -0.05) is 6.07 Å². The van der Waals surface area contributed by atoms with E-state index in [2.05, 4.69) is 46.4 Å². The normalized spacial score (nSPS) is 10.4. The van der Waals surface area contributed by atoms with Gasteiger partial charge in [-0.25, -0.2) is 0 Å². The molecule has 0 saturated heterocycles. The van der Waals surface area contributed by atoms with E-state index in [0.717, 1.165) is 22.4 Å². The summed E-state index contributed by atoms with van der Waals surface area (Å²) in [5, 5.41) is 5.39. The van der Waals surface area contributed by atoms with Gasteiger partial charge in [0.2, 0.25) is 0 Å². The lowest BCUT2D eigenvalue weighted by Gasteiger charge is -2.09. The predicted molar refractivity (Wildman–Crippen MR) is 74.9 cm³/mol. The number of hydrogen-bond acceptors (Lipinski definition) is 3. The summed E-state index contributed by atoms with van der Waals surface area (Å²) >= 11 is 5.20. The van der Waals surface area contributed by atoms with Crippen LogP contribution in [0.4, 0.5) is 11.4 Å². The maximum atomic E-state index is 5.83. The van der Waals surface area contributed by atoms with Gasteiger partial charge in [-0.05, 0) is 52.0 Å². The van der Waals surface area contributed by atoms with E-state index in [1.807, 2.05) is 11.4 Å². The summed E-state index contributed by atoms with van der Waals surface area (Å²) in [6.07, 6.45) is 0. The van der Waals surface area contributed by atoms with Gasteiger partial charge in [0.1, 0.15) is 0 Å². The van der Waals surface area contributed by atoms with Crippen molar-refractivity contribution < 1.29 is 0 Å². The Hall–Kier alpha value is -1.00. The third-order valence-corrected chi connectivity index (χ3v) is 3.97. The molecule has 4 heteroatoms. The molecule has 0 aliphatic rings. The highest BCUT2D eigenvalue weighted by molar-refractivity contribution is 9.10. The molecule has 0 radical (unpaired) electrons. The average Bonchev–Trinajstić information content (AvgIpc) is 2.66. The molecule has 1 heterocycles. The van der Waals surface area contributed by atoms with Crippen molar-refractivity contribution in [3.8, 4) is 0 Å². The van der Waals surface area contributed by atoms with Crippen LogP contribution in [0.1, 0.15) is 10.4 Å². The number of anilines is 2. The van der Waals surface area contributed by atoms with Gasteiger partial charge in [0.25, 0.3) is 0 Å². The summed E-state index contributed by atoms with van der Waals surface area (Å²) in [5.41, 5.74) is 9.04. The van der Waals surface area contributed by atoms with Crippen molar-refractivity contribution in [3.05, 3.63) is 44.6 Å². The lowest BCUT2D eigenvalue weighted by atomic mass is 10.2. The number of benzene rings is 1. The van der Waals surface area contributed by atoms with Crippen molar-refractivity contribution in [3.63, 3.8) is 0 Å². The maximum Gasteiger partial charge on any atom is 0.0515 e. The van der Waals surface area contributed by atoms with Crippen molar-refractivity contribution in [1.82, 2.24) is 0 Å². The van der Waals surface area contributed by atoms with Crippen LogP contribution in [0.5, 0.6) is 0 Å². The van der Waals surface area contributed by atoms with Gasteiger partial charge in [-0.3, -0.25) is 0 Å². The summed E-state index contributed by atoms with van der Waals surface area (Å²) < 4.78 is 1.08. The molecule has 3 N–H and O–H groups in total. The second-order valence-corrected chi connectivity index (χ2v) is 5.49. The van der Waals surface area contributed by atoms with Gasteiger partial charge in [0.15, 0.2) is 0 Å². The number of hydrogen-bond donors (Lipinski definition) is 2. The van der Waals surface area contributed by atoms with Crippen molar-refractivity contribution in [2.24, 2.45) is 0 Å². The van der Waals surface area contributed by atoms with Crippen LogP contribution in [-0.2, 0) is 6.54 Å². The molecule has 0 aliphatic carbocycles. The fraction of sp³-hybridized carbons (Fsp3) is 0.167. The summed E-state index contributed by atoms with van der Waals surface area (Å²) in [6.45, 7) is 2.85. The molecule has 0 amide bonds. The van der Waals surface area contributed by atoms with Crippen molar-refractivity contribution in [1.29, 1.82) is 0 Å². The Labute approximate surface area is 108 Å². The molecule has 16 heavy (non-hydrogen) atoms. The highest BCUT2D eigenvalue weighted by Gasteiger charge is 2.03. The first kappa shape index (κ1) is 11.5. The Morgan fingerprint density at radius 1 is 1.38 bits per heavy atom. The summed E-state index contributed by atoms with van der Waals surface area (Å²) in [7, 11) is 0. The van der Waals surface area contributed by atoms with E-state index in [1.165, 1.54) is 10.4 Å². The van der Waals surface area contributed by atoms with Gasteiger partial charge in [-0.2, -0.15) is 0 Å². The number of nitrogens with one attached hydrogen (secondary N) is 1. The second kappa shape index (κ2) is 4.89. The molecule has 0 saturated carbocycles. The van der Waals surface area contributed by atoms with Crippen LogP contribution in [0, 0.1) is 6.92 Å². The average molecular weight is 297 g/mol. The van der Waals surface area contributed by atoms with E-state index in [9.17, 15) is 0 Å². The molecule has 0 spiro atoms. The van der Waals surface area contributed by atoms with E-state index in [4.69, 9.17) is 5.73 Å². The fourth-order valence-corrected chi connectivity index (χ4v) is 2.57. The molecular formula is C12H13BrN2S. The largest absolute Gasteiger partial charge is 0.398 e. The topological polar surface area (TPSA) is 38.0 Å². The Balaban J connectivity index is 2.10. The molecule has 0 fully saturated rings. The number of nitrogens with two attached hydrogens (primary N) is 1. The monoisotopic (exact) mass is 296 g/mol. The summed E-state index contributed by atoms with van der Waals surface area (Å²) in [5.74, 6) is 0. The van der Waals surface area contributed by atoms with E-state index in [0.29, 0.717) is 0 Å². The van der Waals surface area contributed by atoms with E-state index < -0.39 is 0 Å². The molecule has 2 rings (SSSR count). The SMILES string of the molecule is Cc1ccc(Br)c(NCc2sccc2N)c1. The Kier molecular flexibility index (Phi) is 3.51. The van der Waals surface area contributed by atoms with Crippen LogP contribution in [0.15, 0.2) is 34.1 Å². The second-order valence-electron chi connectivity index (χ2n) is 3.64. The van der Waals surface area contributed by atoms with Gasteiger partial charge < -0.3 is 11.1 Å². The van der Waals surface area contributed by atoms with Crippen LogP contribution in [0.3, 0.4) is 0 Å². The molecule has 1 aromatic heterocycles. The molecule has 0 aliphatic heterocycles. The Bertz CT molecular complexity index is 494. The Morgan fingerprint density at radius 2 is 2.19 bits per heavy atom. The van der Waals surface area contributed by atoms with Crippen LogP contribution in [0.2, 0.25) is 0 Å². The van der Waals surface area contributed by atoms with E-state index in [-0.39, 0.29) is 0 Å². The van der Waals surface area contributed by atoms with Crippen LogP contribution in [-0.4, -0.2) is 0 Å². The van der Waals surface area contributed by atoms with Gasteiger partial charge in [-0.15, -0.1) is 11.3 Å². The van der Waals surface area contributed by atoms with Crippen molar-refractivity contribution in [2.45, 2.75) is 13.5 Å². The zero-order valence-corrected chi connectivity index (χ0v) is 11.4. The minimum atomic E-state index is 0.769. The standard InChI is InChI=1S/C12H13BrN2S/c1-8-2-3-9(13)11(6-8)15-7-12-10(14)4-5-16-12/h2-6,15H,7,14H2,1H3. The maximum absolute atomic E-state index is 5.83. The smallest absolute Gasteiger partial charge is 0.0515 e. The number of nitrogen functional groups attached to an aromatic ring is 1. The zero-order valence-electron chi connectivity index (χ0n) is 8.96. The van der Waals surface area contributed by atoms with Crippen LogP contribution < -0.4 is 11.1 Å². The molecule has 0 unspecified atom stereocenters. The minimum absolute atomic E-state index is 0.769. The van der Waals surface area contributed by atoms with Crippen molar-refractivity contribution in [2.75, 3.05) is 11.1 Å². The minimum Gasteiger partial charge on any atom is -0.398 e. The Morgan fingerprint density at radius 3 is 2.88 bits per heavy atom. The molecular weight excluding hydrogens is 284 g/mol. The molecule has 84 valence electrons. The third-order valence-electron chi connectivity index (χ3n) is 2.34. The zero-order chi connectivity index (χ0) is 11.5. The number of thiophene rings is 1. The number of aryl methyl sites for hydroxylation is 1. The number of halogens is 1. The van der Waals surface area contributed by atoms with Gasteiger partial charge in [0.05, 0.1) is 6.54 Å². The highest BCUT2D eigenvalue weighted by atomic mass is 79.9. The first-order chi connectivity index (χ1) is 7.66. The van der Waals surface area contributed by atoms with Gasteiger partial charge >= 0.3 is 0 Å². The van der Waals surface area contributed by atoms with Crippen LogP contribution in [0.25, 0.3) is 0 Å². The number of rotatable bonds is 3. The quantitative estimate of drug-likeness (QED) is 0.898. The first-order valence-corrected chi connectivity index (χ1v) is 6.66. The lowest BCUT2D eigenvalue weighted by molar-refractivity contribution is 1.19. The highest BCUT2D eigenvalue weighted by Crippen LogP contribution is 2.26. The molecule has 0 bridgehead atoms. The van der Waals surface area contributed by atoms with Gasteiger partial charge in [0, 0.05) is 20.7 Å².